The van der Waals surface area contributed by atoms with Crippen molar-refractivity contribution in [3.05, 3.63) is 60.0 Å². The predicted octanol–water partition coefficient (Wildman–Crippen LogP) is 4.25. The summed E-state index contributed by atoms with van der Waals surface area (Å²) < 4.78 is 63.6. The van der Waals surface area contributed by atoms with Gasteiger partial charge in [-0.1, -0.05) is 6.55 Å². The largest absolute Gasteiger partial charge is 0.465 e. The molecule has 120 valence electrons. The zero-order chi connectivity index (χ0) is 17.9. The topological polar surface area (TPSA) is 39.2 Å². The van der Waals surface area contributed by atoms with Crippen LogP contribution in [-0.2, 0) is 4.74 Å². The Kier molecular flexibility index (Phi) is 4.10. The van der Waals surface area contributed by atoms with Gasteiger partial charge in [-0.25, -0.2) is 14.2 Å². The van der Waals surface area contributed by atoms with Gasteiger partial charge in [-0.2, -0.15) is 13.2 Å². The van der Waals surface area contributed by atoms with E-state index in [-0.39, 0.29) is 17.8 Å². The van der Waals surface area contributed by atoms with E-state index in [9.17, 15) is 22.4 Å². The second kappa shape index (κ2) is 6.20. The number of ether oxygens (including phenoxy) is 1. The van der Waals surface area contributed by atoms with Crippen molar-refractivity contribution in [3.8, 4) is 11.3 Å². The molecule has 0 saturated carbocycles. The number of pyridine rings is 1. The molecule has 23 heavy (non-hydrogen) atoms. The molecule has 0 atom stereocenters. The SMILES string of the molecule is [2H]C=C(c1cc(C(=O)OC)cc(-c2ccc(F)cc2)n1)C(F)(F)F. The first-order valence-corrected chi connectivity index (χ1v) is 6.28. The molecule has 0 aliphatic heterocycles. The van der Waals surface area contributed by atoms with Crippen LogP contribution in [0.2, 0.25) is 0 Å². The summed E-state index contributed by atoms with van der Waals surface area (Å²) in [6, 6.07) is 7.01. The molecule has 0 amide bonds. The molecule has 0 bridgehead atoms. The van der Waals surface area contributed by atoms with Gasteiger partial charge >= 0.3 is 12.1 Å². The first-order valence-electron chi connectivity index (χ1n) is 6.86. The molecule has 0 aliphatic rings. The lowest BCUT2D eigenvalue weighted by atomic mass is 10.1. The van der Waals surface area contributed by atoms with Crippen LogP contribution in [0.1, 0.15) is 17.4 Å². The summed E-state index contributed by atoms with van der Waals surface area (Å²) >= 11 is 0. The number of hydrogen-bond acceptors (Lipinski definition) is 3. The van der Waals surface area contributed by atoms with E-state index in [0.717, 1.165) is 25.3 Å². The average molecular weight is 326 g/mol. The maximum absolute atomic E-state index is 13.0. The molecule has 3 nitrogen and oxygen atoms in total. The van der Waals surface area contributed by atoms with Crippen molar-refractivity contribution in [2.45, 2.75) is 6.18 Å². The minimum Gasteiger partial charge on any atom is -0.465 e. The summed E-state index contributed by atoms with van der Waals surface area (Å²) in [5, 5.41) is 0. The number of aromatic nitrogens is 1. The number of carbonyl (C=O) groups excluding carboxylic acids is 1. The van der Waals surface area contributed by atoms with Crippen LogP contribution in [0.5, 0.6) is 0 Å². The molecule has 1 aromatic heterocycles. The zero-order valence-corrected chi connectivity index (χ0v) is 11.8. The van der Waals surface area contributed by atoms with E-state index < -0.39 is 29.2 Å². The van der Waals surface area contributed by atoms with Crippen molar-refractivity contribution in [3.63, 3.8) is 0 Å². The van der Waals surface area contributed by atoms with Crippen LogP contribution in [0.15, 0.2) is 43.0 Å². The van der Waals surface area contributed by atoms with E-state index in [0.29, 0.717) is 5.56 Å². The van der Waals surface area contributed by atoms with Gasteiger partial charge in [-0.3, -0.25) is 0 Å². The van der Waals surface area contributed by atoms with E-state index in [2.05, 4.69) is 9.72 Å². The summed E-state index contributed by atoms with van der Waals surface area (Å²) in [7, 11) is 1.09. The fraction of sp³-hybridized carbons (Fsp3) is 0.125. The molecular formula is C16H11F4NO2. The molecule has 2 aromatic rings. The van der Waals surface area contributed by atoms with Crippen LogP contribution in [0.4, 0.5) is 17.6 Å². The minimum absolute atomic E-state index is 0.0245. The first-order chi connectivity index (χ1) is 11.3. The third-order valence-corrected chi connectivity index (χ3v) is 2.97. The van der Waals surface area contributed by atoms with E-state index in [4.69, 9.17) is 1.37 Å². The predicted molar refractivity (Wildman–Crippen MR) is 76.1 cm³/mol. The summed E-state index contributed by atoms with van der Waals surface area (Å²) in [6.07, 6.45) is -4.82. The van der Waals surface area contributed by atoms with Gasteiger partial charge in [-0.15, -0.1) is 0 Å². The van der Waals surface area contributed by atoms with Crippen LogP contribution in [0.25, 0.3) is 16.8 Å². The van der Waals surface area contributed by atoms with Crippen molar-refractivity contribution < 1.29 is 28.5 Å². The second-order valence-electron chi connectivity index (χ2n) is 4.54. The lowest BCUT2D eigenvalue weighted by molar-refractivity contribution is -0.0689. The number of rotatable bonds is 3. The molecular weight excluding hydrogens is 314 g/mol. The van der Waals surface area contributed by atoms with Crippen molar-refractivity contribution in [1.82, 2.24) is 4.98 Å². The van der Waals surface area contributed by atoms with Crippen molar-refractivity contribution in [2.75, 3.05) is 7.11 Å². The Morgan fingerprint density at radius 3 is 2.43 bits per heavy atom. The Morgan fingerprint density at radius 1 is 1.26 bits per heavy atom. The molecule has 0 aliphatic carbocycles. The molecule has 0 saturated heterocycles. The maximum atomic E-state index is 13.0. The highest BCUT2D eigenvalue weighted by Gasteiger charge is 2.34. The van der Waals surface area contributed by atoms with Gasteiger partial charge in [0.05, 0.1) is 31.0 Å². The molecule has 0 radical (unpaired) electrons. The van der Waals surface area contributed by atoms with Gasteiger partial charge in [0.15, 0.2) is 0 Å². The Bertz CT molecular complexity index is 786. The Balaban J connectivity index is 2.66. The zero-order valence-electron chi connectivity index (χ0n) is 12.8. The number of esters is 1. The number of allylic oxidation sites excluding steroid dienone is 1. The number of hydrogen-bond donors (Lipinski definition) is 0. The molecule has 0 unspecified atom stereocenters. The third-order valence-electron chi connectivity index (χ3n) is 2.97. The van der Waals surface area contributed by atoms with E-state index in [1.54, 1.807) is 0 Å². The summed E-state index contributed by atoms with van der Waals surface area (Å²) in [6.45, 7) is 0.123. The van der Waals surface area contributed by atoms with Gasteiger partial charge in [0.2, 0.25) is 0 Å². The fourth-order valence-electron chi connectivity index (χ4n) is 1.82. The monoisotopic (exact) mass is 326 g/mol. The van der Waals surface area contributed by atoms with E-state index >= 15 is 0 Å². The molecule has 0 fully saturated rings. The molecule has 1 aromatic carbocycles. The average Bonchev–Trinajstić information content (AvgIpc) is 2.53. The van der Waals surface area contributed by atoms with Crippen LogP contribution < -0.4 is 0 Å². The van der Waals surface area contributed by atoms with Crippen LogP contribution in [-0.4, -0.2) is 24.2 Å². The maximum Gasteiger partial charge on any atom is 0.417 e. The molecule has 2 rings (SSSR count). The lowest BCUT2D eigenvalue weighted by Gasteiger charge is -2.12. The van der Waals surface area contributed by atoms with Crippen molar-refractivity contribution in [2.24, 2.45) is 0 Å². The number of methoxy groups -OCH3 is 1. The molecule has 0 N–H and O–H groups in total. The summed E-state index contributed by atoms with van der Waals surface area (Å²) in [4.78, 5) is 15.6. The van der Waals surface area contributed by atoms with Crippen LogP contribution in [0, 0.1) is 5.82 Å². The van der Waals surface area contributed by atoms with E-state index in [1.165, 1.54) is 18.2 Å². The number of halogens is 4. The molecule has 1 heterocycles. The highest BCUT2D eigenvalue weighted by atomic mass is 19.4. The van der Waals surface area contributed by atoms with Gasteiger partial charge in [0.25, 0.3) is 0 Å². The number of nitrogens with zero attached hydrogens (tertiary/aromatic N) is 1. The standard InChI is InChI=1S/C16H11F4NO2/c1-9(16(18,19)20)13-7-11(15(22)23-2)8-14(21-13)10-3-5-12(17)6-4-10/h3-8H,1H2,2H3/i1D. The summed E-state index contributed by atoms with van der Waals surface area (Å²) in [5.41, 5.74) is -1.73. The fourth-order valence-corrected chi connectivity index (χ4v) is 1.82. The van der Waals surface area contributed by atoms with Gasteiger partial charge < -0.3 is 4.74 Å². The second-order valence-corrected chi connectivity index (χ2v) is 4.54. The normalized spacial score (nSPS) is 12.7. The number of alkyl halides is 3. The molecule has 0 spiro atoms. The summed E-state index contributed by atoms with van der Waals surface area (Å²) in [5.74, 6) is -1.38. The first kappa shape index (κ1) is 15.2. The smallest absolute Gasteiger partial charge is 0.417 e. The lowest BCUT2D eigenvalue weighted by Crippen LogP contribution is -2.12. The highest BCUT2D eigenvalue weighted by molar-refractivity contribution is 5.91. The number of benzene rings is 1. The number of carbonyl (C=O) groups is 1. The van der Waals surface area contributed by atoms with Crippen LogP contribution >= 0.6 is 0 Å². The Hall–Kier alpha value is -2.70. The minimum atomic E-state index is -4.82. The quantitative estimate of drug-likeness (QED) is 0.625. The van der Waals surface area contributed by atoms with Crippen molar-refractivity contribution in [1.29, 1.82) is 0 Å². The van der Waals surface area contributed by atoms with Gasteiger partial charge in [0.1, 0.15) is 5.82 Å². The van der Waals surface area contributed by atoms with Crippen molar-refractivity contribution >= 4 is 11.5 Å². The van der Waals surface area contributed by atoms with Crippen LogP contribution in [0.3, 0.4) is 0 Å². The highest BCUT2D eigenvalue weighted by Crippen LogP contribution is 2.33. The van der Waals surface area contributed by atoms with E-state index in [1.807, 2.05) is 0 Å². The third kappa shape index (κ3) is 3.74. The molecule has 7 heteroatoms. The Morgan fingerprint density at radius 2 is 1.91 bits per heavy atom. The van der Waals surface area contributed by atoms with Gasteiger partial charge in [-0.05, 0) is 36.4 Å². The Labute approximate surface area is 130 Å². The van der Waals surface area contributed by atoms with Gasteiger partial charge in [0, 0.05) is 5.56 Å².